The summed E-state index contributed by atoms with van der Waals surface area (Å²) < 4.78 is 5.33. The van der Waals surface area contributed by atoms with Crippen molar-refractivity contribution in [3.63, 3.8) is 0 Å². The Kier molecular flexibility index (Phi) is 9.19. The molecule has 35 heavy (non-hydrogen) atoms. The molecule has 1 aromatic heterocycles. The summed E-state index contributed by atoms with van der Waals surface area (Å²) in [6, 6.07) is 5.48. The maximum absolute atomic E-state index is 12.3. The van der Waals surface area contributed by atoms with Crippen LogP contribution >= 0.6 is 23.4 Å². The molecule has 4 rings (SSSR count). The number of aliphatic hydroxyl groups excluding tert-OH is 1. The Balaban J connectivity index is 1.34. The molecule has 2 N–H and O–H groups in total. The van der Waals surface area contributed by atoms with Gasteiger partial charge in [0.15, 0.2) is 0 Å². The molecular weight excluding hydrogens is 484 g/mol. The maximum atomic E-state index is 12.3. The third-order valence-corrected chi connectivity index (χ3v) is 9.61. The molecule has 2 aromatic rings. The number of hydrogen-bond donors (Lipinski definition) is 2. The first-order valence-electron chi connectivity index (χ1n) is 12.8. The van der Waals surface area contributed by atoms with Crippen molar-refractivity contribution in [3.8, 4) is 5.75 Å². The normalized spacial score (nSPS) is 19.7. The zero-order valence-electron chi connectivity index (χ0n) is 20.5. The number of carbonyl (C=O) groups is 1. The quantitative estimate of drug-likeness (QED) is 0.354. The van der Waals surface area contributed by atoms with Gasteiger partial charge in [-0.3, -0.25) is 9.78 Å². The molecule has 0 spiro atoms. The first kappa shape index (κ1) is 26.5. The summed E-state index contributed by atoms with van der Waals surface area (Å²) in [5.74, 6) is 1.10. The van der Waals surface area contributed by atoms with Crippen LogP contribution in [0.15, 0.2) is 24.4 Å². The van der Waals surface area contributed by atoms with Crippen molar-refractivity contribution in [1.29, 1.82) is 0 Å². The summed E-state index contributed by atoms with van der Waals surface area (Å²) in [4.78, 5) is 19.1. The van der Waals surface area contributed by atoms with E-state index in [0.29, 0.717) is 42.0 Å². The minimum absolute atomic E-state index is 0.334. The van der Waals surface area contributed by atoms with E-state index in [9.17, 15) is 15.0 Å². The van der Waals surface area contributed by atoms with E-state index in [-0.39, 0.29) is 0 Å². The van der Waals surface area contributed by atoms with E-state index in [2.05, 4.69) is 21.6 Å². The van der Waals surface area contributed by atoms with Crippen molar-refractivity contribution in [2.45, 2.75) is 69.1 Å². The number of carboxylic acids is 1. The molecule has 0 radical (unpaired) electrons. The Labute approximate surface area is 217 Å². The molecule has 2 heterocycles. The molecule has 1 aromatic carbocycles. The topological polar surface area (TPSA) is 82.9 Å². The highest BCUT2D eigenvalue weighted by Crippen LogP contribution is 2.41. The number of rotatable bonds is 11. The van der Waals surface area contributed by atoms with Crippen LogP contribution in [0.5, 0.6) is 5.75 Å². The third-order valence-electron chi connectivity index (χ3n) is 7.84. The standard InChI is InChI=1S/C27H37ClN2O4S/c1-34-19-7-8-23-21(17-19)25(22(28)18-29-23)24(31)9-10-27(26(32)33)11-14-30(15-12-27)13-4-16-35-20-5-2-3-6-20/h7-8,17-18,20,24,31H,2-6,9-16H2,1H3,(H,32,33)/t24-/m1/s1. The number of aliphatic hydroxyl groups is 1. The lowest BCUT2D eigenvalue weighted by Crippen LogP contribution is -2.44. The number of ether oxygens (including phenoxy) is 1. The van der Waals surface area contributed by atoms with Crippen LogP contribution in [-0.4, -0.2) is 63.8 Å². The van der Waals surface area contributed by atoms with Gasteiger partial charge in [-0.05, 0) is 88.5 Å². The van der Waals surface area contributed by atoms with Gasteiger partial charge in [-0.25, -0.2) is 0 Å². The smallest absolute Gasteiger partial charge is 0.309 e. The number of hydrogen-bond acceptors (Lipinski definition) is 6. The number of aromatic nitrogens is 1. The van der Waals surface area contributed by atoms with Gasteiger partial charge in [0.25, 0.3) is 0 Å². The van der Waals surface area contributed by atoms with Crippen LogP contribution in [0.25, 0.3) is 10.9 Å². The number of aliphatic carboxylic acids is 1. The number of carboxylic acid groups (broad SMARTS) is 1. The highest BCUT2D eigenvalue weighted by Gasteiger charge is 2.41. The molecule has 6 nitrogen and oxygen atoms in total. The molecule has 8 heteroatoms. The van der Waals surface area contributed by atoms with Gasteiger partial charge in [0.2, 0.25) is 0 Å². The summed E-state index contributed by atoms with van der Waals surface area (Å²) >= 11 is 8.56. The minimum Gasteiger partial charge on any atom is -0.497 e. The first-order chi connectivity index (χ1) is 16.9. The molecule has 2 fully saturated rings. The van der Waals surface area contributed by atoms with Gasteiger partial charge in [0.05, 0.1) is 29.2 Å². The number of halogens is 1. The molecule has 0 unspecified atom stereocenters. The van der Waals surface area contributed by atoms with Crippen molar-refractivity contribution in [2.24, 2.45) is 5.41 Å². The molecule has 2 aliphatic rings. The van der Waals surface area contributed by atoms with Crippen LogP contribution in [0, 0.1) is 5.41 Å². The lowest BCUT2D eigenvalue weighted by molar-refractivity contribution is -0.153. The minimum atomic E-state index is -0.873. The lowest BCUT2D eigenvalue weighted by Gasteiger charge is -2.39. The molecule has 0 amide bonds. The predicted molar refractivity (Wildman–Crippen MR) is 143 cm³/mol. The fraction of sp³-hybridized carbons (Fsp3) is 0.630. The van der Waals surface area contributed by atoms with Crippen molar-refractivity contribution in [1.82, 2.24) is 9.88 Å². The van der Waals surface area contributed by atoms with Crippen LogP contribution < -0.4 is 4.74 Å². The molecule has 1 aliphatic carbocycles. The molecule has 192 valence electrons. The van der Waals surface area contributed by atoms with Crippen LogP contribution in [-0.2, 0) is 4.79 Å². The van der Waals surface area contributed by atoms with Crippen molar-refractivity contribution < 1.29 is 19.7 Å². The number of benzene rings is 1. The van der Waals surface area contributed by atoms with E-state index in [1.807, 2.05) is 18.2 Å². The van der Waals surface area contributed by atoms with Gasteiger partial charge in [-0.2, -0.15) is 11.8 Å². The zero-order chi connectivity index (χ0) is 24.8. The van der Waals surface area contributed by atoms with Gasteiger partial charge in [0.1, 0.15) is 5.75 Å². The zero-order valence-corrected chi connectivity index (χ0v) is 22.1. The second-order valence-electron chi connectivity index (χ2n) is 10.0. The lowest BCUT2D eigenvalue weighted by atomic mass is 9.74. The average Bonchev–Trinajstić information content (AvgIpc) is 3.39. The Morgan fingerprint density at radius 2 is 2.06 bits per heavy atom. The monoisotopic (exact) mass is 520 g/mol. The van der Waals surface area contributed by atoms with Crippen LogP contribution in [0.3, 0.4) is 0 Å². The molecule has 1 aliphatic heterocycles. The summed E-state index contributed by atoms with van der Waals surface area (Å²) in [7, 11) is 1.59. The molecule has 1 atom stereocenters. The predicted octanol–water partition coefficient (Wildman–Crippen LogP) is 5.94. The number of fused-ring (bicyclic) bond motifs is 1. The van der Waals surface area contributed by atoms with E-state index >= 15 is 0 Å². The Bertz CT molecular complexity index is 1010. The van der Waals surface area contributed by atoms with Crippen molar-refractivity contribution in [2.75, 3.05) is 32.5 Å². The van der Waals surface area contributed by atoms with Crippen LogP contribution in [0.4, 0.5) is 0 Å². The number of thioether (sulfide) groups is 1. The number of methoxy groups -OCH3 is 1. The average molecular weight is 521 g/mol. The Morgan fingerprint density at radius 3 is 2.74 bits per heavy atom. The van der Waals surface area contributed by atoms with Gasteiger partial charge < -0.3 is 19.8 Å². The van der Waals surface area contributed by atoms with E-state index in [0.717, 1.165) is 42.2 Å². The van der Waals surface area contributed by atoms with Gasteiger partial charge in [0, 0.05) is 22.4 Å². The maximum Gasteiger partial charge on any atom is 0.309 e. The summed E-state index contributed by atoms with van der Waals surface area (Å²) in [6.45, 7) is 2.64. The highest BCUT2D eigenvalue weighted by molar-refractivity contribution is 7.99. The van der Waals surface area contributed by atoms with E-state index in [1.54, 1.807) is 13.3 Å². The molecular formula is C27H37ClN2O4S. The van der Waals surface area contributed by atoms with Gasteiger partial charge in [-0.1, -0.05) is 24.4 Å². The number of pyridine rings is 1. The Morgan fingerprint density at radius 1 is 1.31 bits per heavy atom. The fourth-order valence-electron chi connectivity index (χ4n) is 5.56. The molecule has 0 bridgehead atoms. The Hall–Kier alpha value is -1.54. The summed E-state index contributed by atoms with van der Waals surface area (Å²) in [6.07, 6.45) is 9.32. The summed E-state index contributed by atoms with van der Waals surface area (Å²) in [5.41, 5.74) is 0.508. The largest absolute Gasteiger partial charge is 0.497 e. The molecule has 1 saturated heterocycles. The number of nitrogens with zero attached hydrogens (tertiary/aromatic N) is 2. The highest BCUT2D eigenvalue weighted by atomic mass is 35.5. The number of likely N-dealkylation sites (tertiary alicyclic amines) is 1. The second-order valence-corrected chi connectivity index (χ2v) is 11.8. The molecule has 1 saturated carbocycles. The van der Waals surface area contributed by atoms with Crippen LogP contribution in [0.2, 0.25) is 5.02 Å². The van der Waals surface area contributed by atoms with Crippen molar-refractivity contribution >= 4 is 40.2 Å². The van der Waals surface area contributed by atoms with E-state index < -0.39 is 17.5 Å². The van der Waals surface area contributed by atoms with E-state index in [1.165, 1.54) is 31.4 Å². The van der Waals surface area contributed by atoms with Gasteiger partial charge in [-0.15, -0.1) is 0 Å². The number of piperidine rings is 1. The van der Waals surface area contributed by atoms with E-state index in [4.69, 9.17) is 16.3 Å². The van der Waals surface area contributed by atoms with Crippen LogP contribution in [0.1, 0.15) is 69.5 Å². The fourth-order valence-corrected chi connectivity index (χ4v) is 7.13. The van der Waals surface area contributed by atoms with Gasteiger partial charge >= 0.3 is 5.97 Å². The summed E-state index contributed by atoms with van der Waals surface area (Å²) in [5, 5.41) is 23.2. The first-order valence-corrected chi connectivity index (χ1v) is 14.2. The second kappa shape index (κ2) is 12.1. The van der Waals surface area contributed by atoms with Crippen molar-refractivity contribution in [3.05, 3.63) is 35.0 Å². The third kappa shape index (κ3) is 6.43. The SMILES string of the molecule is COc1ccc2ncc(Cl)c([C@H](O)CCC3(C(=O)O)CCN(CCCSC4CCCC4)CC3)c2c1.